The number of halogens is 2. The molecule has 0 saturated heterocycles. The third-order valence-electron chi connectivity index (χ3n) is 5.01. The molecule has 2 aromatic rings. The van der Waals surface area contributed by atoms with E-state index < -0.39 is 28.5 Å². The number of carbonyl (C=O) groups is 2. The first-order valence-electron chi connectivity index (χ1n) is 9.97. The zero-order valence-corrected chi connectivity index (χ0v) is 20.8. The van der Waals surface area contributed by atoms with Gasteiger partial charge in [0.2, 0.25) is 21.8 Å². The smallest absolute Gasteiger partial charge is 0.244 e. The molecule has 0 radical (unpaired) electrons. The minimum atomic E-state index is -3.79. The van der Waals surface area contributed by atoms with E-state index in [4.69, 9.17) is 23.2 Å². The summed E-state index contributed by atoms with van der Waals surface area (Å²) in [5, 5.41) is 3.58. The van der Waals surface area contributed by atoms with Gasteiger partial charge in [0.25, 0.3) is 0 Å². The summed E-state index contributed by atoms with van der Waals surface area (Å²) in [6.45, 7) is 3.18. The van der Waals surface area contributed by atoms with Gasteiger partial charge < -0.3 is 10.2 Å². The molecule has 2 amide bonds. The van der Waals surface area contributed by atoms with E-state index in [9.17, 15) is 18.0 Å². The monoisotopic (exact) mass is 499 g/mol. The van der Waals surface area contributed by atoms with Crippen LogP contribution in [0.5, 0.6) is 0 Å². The average molecular weight is 500 g/mol. The Bertz CT molecular complexity index is 1080. The molecule has 1 N–H and O–H groups in total. The van der Waals surface area contributed by atoms with Crippen LogP contribution in [0.25, 0.3) is 0 Å². The van der Waals surface area contributed by atoms with Crippen LogP contribution in [-0.2, 0) is 26.2 Å². The molecule has 32 heavy (non-hydrogen) atoms. The summed E-state index contributed by atoms with van der Waals surface area (Å²) in [4.78, 5) is 27.3. The summed E-state index contributed by atoms with van der Waals surface area (Å²) in [6.07, 6.45) is 1.39. The van der Waals surface area contributed by atoms with Crippen molar-refractivity contribution in [3.8, 4) is 0 Å². The second-order valence-electron chi connectivity index (χ2n) is 7.39. The molecule has 0 aliphatic carbocycles. The van der Waals surface area contributed by atoms with Gasteiger partial charge in [0.05, 0.1) is 11.9 Å². The van der Waals surface area contributed by atoms with Crippen LogP contribution in [0.15, 0.2) is 42.5 Å². The zero-order valence-electron chi connectivity index (χ0n) is 18.4. The lowest BCUT2D eigenvalue weighted by Gasteiger charge is -2.33. The van der Waals surface area contributed by atoms with Gasteiger partial charge in [-0.1, -0.05) is 42.3 Å². The summed E-state index contributed by atoms with van der Waals surface area (Å²) in [7, 11) is -2.30. The van der Waals surface area contributed by atoms with Gasteiger partial charge >= 0.3 is 0 Å². The number of nitrogens with one attached hydrogen (secondary N) is 1. The van der Waals surface area contributed by atoms with Crippen molar-refractivity contribution in [2.75, 3.05) is 24.2 Å². The first-order valence-corrected chi connectivity index (χ1v) is 12.6. The number of carbonyl (C=O) groups excluding carboxylic acids is 2. The number of benzene rings is 2. The van der Waals surface area contributed by atoms with Crippen molar-refractivity contribution < 1.29 is 18.0 Å². The normalized spacial score (nSPS) is 12.2. The number of rotatable bonds is 9. The Labute approximate surface area is 199 Å². The minimum absolute atomic E-state index is 0.124. The van der Waals surface area contributed by atoms with Gasteiger partial charge in [-0.05, 0) is 54.8 Å². The van der Waals surface area contributed by atoms with Crippen molar-refractivity contribution in [1.29, 1.82) is 0 Å². The van der Waals surface area contributed by atoms with Crippen LogP contribution in [-0.4, -0.2) is 51.0 Å². The number of likely N-dealkylation sites (N-methyl/N-ethyl adjacent to an activating group) is 1. The van der Waals surface area contributed by atoms with Crippen LogP contribution in [0.4, 0.5) is 5.69 Å². The summed E-state index contributed by atoms with van der Waals surface area (Å²) in [5.41, 5.74) is 1.72. The standard InChI is InChI=1S/C22H27Cl2N3O4S/c1-5-19(22(29)25-3)26(13-16-6-8-17(23)9-7-16)21(28)14-27(32(4,30)31)20-11-10-18(24)12-15(20)2/h6-12,19H,5,13-14H2,1-4H3,(H,25,29)/t19-/m1/s1. The molecule has 7 nitrogen and oxygen atoms in total. The average Bonchev–Trinajstić information content (AvgIpc) is 2.72. The number of aryl methyl sites for hydroxylation is 1. The highest BCUT2D eigenvalue weighted by atomic mass is 35.5. The number of hydrogen-bond donors (Lipinski definition) is 1. The summed E-state index contributed by atoms with van der Waals surface area (Å²) in [6, 6.07) is 10.9. The number of sulfonamides is 1. The maximum absolute atomic E-state index is 13.4. The first-order chi connectivity index (χ1) is 15.0. The van der Waals surface area contributed by atoms with Gasteiger partial charge in [0.1, 0.15) is 12.6 Å². The molecule has 2 aromatic carbocycles. The molecule has 0 aliphatic rings. The molecule has 10 heteroatoms. The number of nitrogens with zero attached hydrogens (tertiary/aromatic N) is 2. The molecular formula is C22H27Cl2N3O4S. The van der Waals surface area contributed by atoms with E-state index in [1.807, 2.05) is 0 Å². The second-order valence-corrected chi connectivity index (χ2v) is 10.2. The lowest BCUT2D eigenvalue weighted by atomic mass is 10.1. The van der Waals surface area contributed by atoms with Gasteiger partial charge in [-0.2, -0.15) is 0 Å². The van der Waals surface area contributed by atoms with Crippen molar-refractivity contribution in [3.63, 3.8) is 0 Å². The zero-order chi connectivity index (χ0) is 24.1. The lowest BCUT2D eigenvalue weighted by Crippen LogP contribution is -2.51. The van der Waals surface area contributed by atoms with Gasteiger partial charge in [-0.3, -0.25) is 13.9 Å². The molecule has 1 atom stereocenters. The molecule has 0 spiro atoms. The molecule has 0 fully saturated rings. The molecule has 0 heterocycles. The van der Waals surface area contributed by atoms with Crippen LogP contribution in [0.3, 0.4) is 0 Å². The second kappa shape index (κ2) is 11.0. The Hall–Kier alpha value is -2.29. The van der Waals surface area contributed by atoms with Gasteiger partial charge in [0, 0.05) is 23.6 Å². The molecule has 0 aliphatic heterocycles. The van der Waals surface area contributed by atoms with Crippen LogP contribution >= 0.6 is 23.2 Å². The maximum Gasteiger partial charge on any atom is 0.244 e. The maximum atomic E-state index is 13.4. The van der Waals surface area contributed by atoms with E-state index in [1.54, 1.807) is 56.3 Å². The molecule has 0 unspecified atom stereocenters. The number of amides is 2. The Morgan fingerprint density at radius 2 is 1.66 bits per heavy atom. The van der Waals surface area contributed by atoms with Crippen LogP contribution in [0, 0.1) is 6.92 Å². The third kappa shape index (κ3) is 6.60. The largest absolute Gasteiger partial charge is 0.357 e. The SMILES string of the molecule is CC[C@H](C(=O)NC)N(Cc1ccc(Cl)cc1)C(=O)CN(c1ccc(Cl)cc1C)S(C)(=O)=O. The predicted octanol–water partition coefficient (Wildman–Crippen LogP) is 3.62. The third-order valence-corrected chi connectivity index (χ3v) is 6.62. The molecule has 0 bridgehead atoms. The van der Waals surface area contributed by atoms with Gasteiger partial charge in [-0.15, -0.1) is 0 Å². The Balaban J connectivity index is 2.45. The number of anilines is 1. The molecular weight excluding hydrogens is 473 g/mol. The van der Waals surface area contributed by atoms with E-state index in [1.165, 1.54) is 11.9 Å². The van der Waals surface area contributed by atoms with E-state index in [0.29, 0.717) is 27.7 Å². The Morgan fingerprint density at radius 1 is 1.06 bits per heavy atom. The highest BCUT2D eigenvalue weighted by Crippen LogP contribution is 2.26. The summed E-state index contributed by atoms with van der Waals surface area (Å²) in [5.74, 6) is -0.835. The quantitative estimate of drug-likeness (QED) is 0.570. The molecule has 2 rings (SSSR count). The van der Waals surface area contributed by atoms with Gasteiger partial charge in [0.15, 0.2) is 0 Å². The first kappa shape index (κ1) is 26.0. The summed E-state index contributed by atoms with van der Waals surface area (Å²) >= 11 is 12.0. The predicted molar refractivity (Wildman–Crippen MR) is 129 cm³/mol. The van der Waals surface area contributed by atoms with Crippen molar-refractivity contribution in [1.82, 2.24) is 10.2 Å². The van der Waals surface area contributed by atoms with Crippen molar-refractivity contribution in [3.05, 3.63) is 63.6 Å². The number of hydrogen-bond acceptors (Lipinski definition) is 4. The highest BCUT2D eigenvalue weighted by Gasteiger charge is 2.31. The van der Waals surface area contributed by atoms with E-state index in [-0.39, 0.29) is 12.5 Å². The van der Waals surface area contributed by atoms with Crippen LogP contribution in [0.2, 0.25) is 10.0 Å². The van der Waals surface area contributed by atoms with Gasteiger partial charge in [-0.25, -0.2) is 8.42 Å². The topological polar surface area (TPSA) is 86.8 Å². The Morgan fingerprint density at radius 3 is 2.16 bits per heavy atom. The molecule has 0 aromatic heterocycles. The van der Waals surface area contributed by atoms with Crippen molar-refractivity contribution in [2.24, 2.45) is 0 Å². The van der Waals surface area contributed by atoms with Crippen molar-refractivity contribution >= 4 is 50.7 Å². The minimum Gasteiger partial charge on any atom is -0.357 e. The van der Waals surface area contributed by atoms with Crippen molar-refractivity contribution in [2.45, 2.75) is 32.9 Å². The fourth-order valence-corrected chi connectivity index (χ4v) is 4.63. The van der Waals surface area contributed by atoms with E-state index in [0.717, 1.165) is 16.1 Å². The van der Waals surface area contributed by atoms with E-state index in [2.05, 4.69) is 5.32 Å². The lowest BCUT2D eigenvalue weighted by molar-refractivity contribution is -0.140. The van der Waals surface area contributed by atoms with E-state index >= 15 is 0 Å². The fraction of sp³-hybridized carbons (Fsp3) is 0.364. The Kier molecular flexibility index (Phi) is 8.95. The molecule has 174 valence electrons. The van der Waals surface area contributed by atoms with Crippen LogP contribution in [0.1, 0.15) is 24.5 Å². The fourth-order valence-electron chi connectivity index (χ4n) is 3.37. The van der Waals surface area contributed by atoms with Crippen LogP contribution < -0.4 is 9.62 Å². The highest BCUT2D eigenvalue weighted by molar-refractivity contribution is 7.92. The molecule has 0 saturated carbocycles. The summed E-state index contributed by atoms with van der Waals surface area (Å²) < 4.78 is 26.2.